The van der Waals surface area contributed by atoms with Gasteiger partial charge in [-0.1, -0.05) is 0 Å². The third-order valence-corrected chi connectivity index (χ3v) is 3.83. The zero-order valence-corrected chi connectivity index (χ0v) is 14.5. The van der Waals surface area contributed by atoms with Crippen LogP contribution in [0.4, 0.5) is 18.9 Å². The van der Waals surface area contributed by atoms with Crippen LogP contribution >= 0.6 is 0 Å². The van der Waals surface area contributed by atoms with Gasteiger partial charge in [0, 0.05) is 23.7 Å². The second-order valence-corrected chi connectivity index (χ2v) is 6.25. The molecular formula is C17H16F3N5O2. The second-order valence-electron chi connectivity index (χ2n) is 6.25. The Labute approximate surface area is 151 Å². The van der Waals surface area contributed by atoms with Gasteiger partial charge in [0.2, 0.25) is 5.91 Å². The van der Waals surface area contributed by atoms with Crippen LogP contribution in [0.2, 0.25) is 0 Å². The molecule has 0 aliphatic rings. The van der Waals surface area contributed by atoms with Crippen LogP contribution in [0.5, 0.6) is 0 Å². The van der Waals surface area contributed by atoms with Crippen molar-refractivity contribution in [3.05, 3.63) is 52.7 Å². The molecule has 0 fully saturated rings. The fourth-order valence-electron chi connectivity index (χ4n) is 2.56. The summed E-state index contributed by atoms with van der Waals surface area (Å²) in [5.41, 5.74) is -0.697. The van der Waals surface area contributed by atoms with Crippen molar-refractivity contribution in [2.45, 2.75) is 32.6 Å². The summed E-state index contributed by atoms with van der Waals surface area (Å²) in [6, 6.07) is 3.23. The van der Waals surface area contributed by atoms with Crippen molar-refractivity contribution in [1.82, 2.24) is 19.3 Å². The van der Waals surface area contributed by atoms with Gasteiger partial charge in [-0.3, -0.25) is 9.59 Å². The van der Waals surface area contributed by atoms with Gasteiger partial charge in [0.25, 0.3) is 5.56 Å². The average Bonchev–Trinajstić information content (AvgIpc) is 2.99. The molecule has 3 rings (SSSR count). The Hall–Kier alpha value is -3.17. The first-order valence-corrected chi connectivity index (χ1v) is 8.06. The van der Waals surface area contributed by atoms with Crippen LogP contribution in [0.1, 0.15) is 25.5 Å². The minimum atomic E-state index is -4.60. The average molecular weight is 379 g/mol. The van der Waals surface area contributed by atoms with E-state index < -0.39 is 29.8 Å². The molecule has 0 atom stereocenters. The molecule has 27 heavy (non-hydrogen) atoms. The molecule has 3 aromatic rings. The normalized spacial score (nSPS) is 11.9. The molecule has 0 radical (unpaired) electrons. The van der Waals surface area contributed by atoms with E-state index in [1.165, 1.54) is 6.20 Å². The first-order chi connectivity index (χ1) is 12.6. The molecule has 3 aromatic heterocycles. The molecule has 1 N–H and O–H groups in total. The van der Waals surface area contributed by atoms with Crippen LogP contribution in [0.3, 0.4) is 0 Å². The first-order valence-electron chi connectivity index (χ1n) is 8.06. The highest BCUT2D eigenvalue weighted by Crippen LogP contribution is 2.28. The monoisotopic (exact) mass is 379 g/mol. The maximum Gasteiger partial charge on any atom is 0.417 e. The molecule has 0 aromatic carbocycles. The van der Waals surface area contributed by atoms with Gasteiger partial charge in [-0.2, -0.15) is 18.3 Å². The van der Waals surface area contributed by atoms with E-state index >= 15 is 0 Å². The molecular weight excluding hydrogens is 363 g/mol. The van der Waals surface area contributed by atoms with Crippen LogP contribution in [-0.4, -0.2) is 25.2 Å². The van der Waals surface area contributed by atoms with E-state index in [1.807, 2.05) is 13.8 Å². The molecule has 7 nitrogen and oxygen atoms in total. The lowest BCUT2D eigenvalue weighted by Crippen LogP contribution is -2.28. The van der Waals surface area contributed by atoms with E-state index in [0.717, 1.165) is 6.07 Å². The van der Waals surface area contributed by atoms with Gasteiger partial charge in [-0.25, -0.2) is 9.67 Å². The van der Waals surface area contributed by atoms with Crippen molar-refractivity contribution in [3.63, 3.8) is 0 Å². The number of hydrogen-bond donors (Lipinski definition) is 1. The van der Waals surface area contributed by atoms with E-state index in [-0.39, 0.29) is 6.04 Å². The molecule has 0 aliphatic carbocycles. The molecule has 0 saturated heterocycles. The summed E-state index contributed by atoms with van der Waals surface area (Å²) in [5.74, 6) is -0.645. The highest BCUT2D eigenvalue weighted by atomic mass is 19.4. The molecule has 142 valence electrons. The highest BCUT2D eigenvalue weighted by Gasteiger charge is 2.31. The Bertz CT molecular complexity index is 1050. The van der Waals surface area contributed by atoms with Gasteiger partial charge < -0.3 is 9.88 Å². The molecule has 1 amide bonds. The largest absolute Gasteiger partial charge is 0.417 e. The molecule has 10 heteroatoms. The number of carbonyl (C=O) groups is 1. The summed E-state index contributed by atoms with van der Waals surface area (Å²) in [5, 5.41) is 7.45. The number of carbonyl (C=O) groups excluding carboxylic acids is 1. The van der Waals surface area contributed by atoms with Crippen molar-refractivity contribution < 1.29 is 18.0 Å². The first kappa shape index (κ1) is 18.6. The van der Waals surface area contributed by atoms with Gasteiger partial charge in [0.05, 0.1) is 23.6 Å². The number of rotatable bonds is 4. The Kier molecular flexibility index (Phi) is 4.73. The number of amides is 1. The minimum absolute atomic E-state index is 0.114. The topological polar surface area (TPSA) is 81.8 Å². The summed E-state index contributed by atoms with van der Waals surface area (Å²) in [4.78, 5) is 28.1. The molecule has 3 heterocycles. The number of anilines is 1. The van der Waals surface area contributed by atoms with E-state index in [1.54, 1.807) is 16.9 Å². The number of halogens is 3. The minimum Gasteiger partial charge on any atom is -0.323 e. The number of nitrogens with one attached hydrogen (secondary N) is 1. The van der Waals surface area contributed by atoms with Crippen molar-refractivity contribution in [2.75, 3.05) is 5.32 Å². The smallest absolute Gasteiger partial charge is 0.323 e. The summed E-state index contributed by atoms with van der Waals surface area (Å²) in [6.45, 7) is 3.36. The summed E-state index contributed by atoms with van der Waals surface area (Å²) >= 11 is 0. The molecule has 0 aliphatic heterocycles. The van der Waals surface area contributed by atoms with Crippen molar-refractivity contribution in [2.24, 2.45) is 0 Å². The molecule has 0 bridgehead atoms. The standard InChI is InChI=1S/C17H16F3N5O2/c1-10(2)25-16-11(6-22-25)5-13(7-21-16)23-14(26)9-24-8-12(17(18,19)20)3-4-15(24)27/h3-8,10H,9H2,1-2H3,(H,23,26). The molecule has 0 spiro atoms. The number of pyridine rings is 2. The number of fused-ring (bicyclic) bond motifs is 1. The lowest BCUT2D eigenvalue weighted by atomic mass is 10.2. The van der Waals surface area contributed by atoms with Gasteiger partial charge in [0.1, 0.15) is 6.54 Å². The van der Waals surface area contributed by atoms with Crippen LogP contribution in [0.25, 0.3) is 11.0 Å². The number of alkyl halides is 3. The van der Waals surface area contributed by atoms with Crippen LogP contribution < -0.4 is 10.9 Å². The van der Waals surface area contributed by atoms with Crippen molar-refractivity contribution in [3.8, 4) is 0 Å². The zero-order chi connectivity index (χ0) is 19.8. The van der Waals surface area contributed by atoms with Crippen molar-refractivity contribution in [1.29, 1.82) is 0 Å². The predicted octanol–water partition coefficient (Wildman–Crippen LogP) is 2.83. The second kappa shape index (κ2) is 6.86. The quantitative estimate of drug-likeness (QED) is 0.756. The maximum absolute atomic E-state index is 12.8. The van der Waals surface area contributed by atoms with Crippen molar-refractivity contribution >= 4 is 22.6 Å². The number of aromatic nitrogens is 4. The SMILES string of the molecule is CC(C)n1ncc2cc(NC(=O)Cn3cc(C(F)(F)F)ccc3=O)cnc21. The Morgan fingerprint density at radius 2 is 2.00 bits per heavy atom. The fourth-order valence-corrected chi connectivity index (χ4v) is 2.56. The third-order valence-electron chi connectivity index (χ3n) is 3.83. The molecule has 0 unspecified atom stereocenters. The highest BCUT2D eigenvalue weighted by molar-refractivity contribution is 5.92. The van der Waals surface area contributed by atoms with Crippen LogP contribution in [0, 0.1) is 0 Å². The van der Waals surface area contributed by atoms with E-state index in [9.17, 15) is 22.8 Å². The van der Waals surface area contributed by atoms with Gasteiger partial charge in [-0.05, 0) is 26.0 Å². The van der Waals surface area contributed by atoms with E-state index in [4.69, 9.17) is 0 Å². The van der Waals surface area contributed by atoms with Gasteiger partial charge in [-0.15, -0.1) is 0 Å². The number of nitrogens with zero attached hydrogens (tertiary/aromatic N) is 4. The van der Waals surface area contributed by atoms with E-state index in [0.29, 0.717) is 33.6 Å². The Morgan fingerprint density at radius 1 is 1.26 bits per heavy atom. The van der Waals surface area contributed by atoms with Crippen LogP contribution in [0.15, 0.2) is 41.6 Å². The van der Waals surface area contributed by atoms with Gasteiger partial charge in [0.15, 0.2) is 5.65 Å². The zero-order valence-electron chi connectivity index (χ0n) is 14.5. The third kappa shape index (κ3) is 3.99. The Morgan fingerprint density at radius 3 is 2.67 bits per heavy atom. The summed E-state index contributed by atoms with van der Waals surface area (Å²) in [7, 11) is 0. The summed E-state index contributed by atoms with van der Waals surface area (Å²) < 4.78 is 40.7. The summed E-state index contributed by atoms with van der Waals surface area (Å²) in [6.07, 6.45) is -0.946. The van der Waals surface area contributed by atoms with E-state index in [2.05, 4.69) is 15.4 Å². The molecule has 0 saturated carbocycles. The van der Waals surface area contributed by atoms with Gasteiger partial charge >= 0.3 is 6.18 Å². The number of hydrogen-bond acceptors (Lipinski definition) is 4. The Balaban J connectivity index is 1.78. The predicted molar refractivity (Wildman–Crippen MR) is 92.2 cm³/mol. The lowest BCUT2D eigenvalue weighted by molar-refractivity contribution is -0.138. The maximum atomic E-state index is 12.8. The fraction of sp³-hybridized carbons (Fsp3) is 0.294. The lowest BCUT2D eigenvalue weighted by Gasteiger charge is -2.11. The van der Waals surface area contributed by atoms with Crippen LogP contribution in [-0.2, 0) is 17.5 Å².